The van der Waals surface area contributed by atoms with Gasteiger partial charge >= 0.3 is 5.97 Å². The molecule has 0 saturated carbocycles. The smallest absolute Gasteiger partial charge is 0.328 e. The quantitative estimate of drug-likeness (QED) is 0.399. The highest BCUT2D eigenvalue weighted by molar-refractivity contribution is 6.99. The van der Waals surface area contributed by atoms with E-state index in [1.165, 1.54) is 7.11 Å². The Morgan fingerprint density at radius 3 is 1.79 bits per heavy atom. The Balaban J connectivity index is 2.33. The Labute approximate surface area is 204 Å². The minimum Gasteiger partial charge on any atom is -0.467 e. The van der Waals surface area contributed by atoms with Gasteiger partial charge in [-0.1, -0.05) is 95.3 Å². The number of aliphatic hydroxyl groups is 1. The third kappa shape index (κ3) is 6.34. The zero-order chi connectivity index (χ0) is 25.5. The second-order valence-electron chi connectivity index (χ2n) is 10.1. The number of benzene rings is 2. The fourth-order valence-corrected chi connectivity index (χ4v) is 8.99. The molecule has 1 amide bonds. The van der Waals surface area contributed by atoms with Gasteiger partial charge in [0.25, 0.3) is 8.32 Å². The summed E-state index contributed by atoms with van der Waals surface area (Å²) in [6.07, 6.45) is -1.85. The minimum absolute atomic E-state index is 0.140. The normalized spacial score (nSPS) is 14.9. The summed E-state index contributed by atoms with van der Waals surface area (Å²) in [6, 6.07) is 19.5. The zero-order valence-corrected chi connectivity index (χ0v) is 22.4. The molecule has 7 heteroatoms. The van der Waals surface area contributed by atoms with Gasteiger partial charge in [0.15, 0.2) is 0 Å². The van der Waals surface area contributed by atoms with Crippen LogP contribution in [0, 0.1) is 5.92 Å². The van der Waals surface area contributed by atoms with Crippen molar-refractivity contribution >= 4 is 30.6 Å². The molecule has 0 radical (unpaired) electrons. The van der Waals surface area contributed by atoms with Crippen molar-refractivity contribution in [2.75, 3.05) is 7.11 Å². The van der Waals surface area contributed by atoms with Crippen LogP contribution in [0.4, 0.5) is 0 Å². The van der Waals surface area contributed by atoms with Crippen LogP contribution >= 0.6 is 0 Å². The summed E-state index contributed by atoms with van der Waals surface area (Å²) >= 11 is 0. The molecule has 0 aliphatic heterocycles. The summed E-state index contributed by atoms with van der Waals surface area (Å²) in [4.78, 5) is 24.7. The van der Waals surface area contributed by atoms with Gasteiger partial charge in [0.2, 0.25) is 5.91 Å². The van der Waals surface area contributed by atoms with Crippen LogP contribution in [0.3, 0.4) is 0 Å². The highest BCUT2D eigenvalue weighted by atomic mass is 28.4. The summed E-state index contributed by atoms with van der Waals surface area (Å²) in [5.74, 6) is -1.07. The first-order valence-electron chi connectivity index (χ1n) is 11.8. The summed E-state index contributed by atoms with van der Waals surface area (Å²) in [5.41, 5.74) is 0. The molecule has 186 valence electrons. The number of rotatable bonds is 10. The van der Waals surface area contributed by atoms with Gasteiger partial charge in [0.1, 0.15) is 6.04 Å². The number of hydrogen-bond acceptors (Lipinski definition) is 5. The van der Waals surface area contributed by atoms with Crippen LogP contribution in [0.5, 0.6) is 0 Å². The van der Waals surface area contributed by atoms with E-state index in [4.69, 9.17) is 9.16 Å². The molecule has 2 N–H and O–H groups in total. The summed E-state index contributed by atoms with van der Waals surface area (Å²) in [5, 5.41) is 15.6. The lowest BCUT2D eigenvalue weighted by atomic mass is 10.0. The SMILES string of the molecule is COC(=O)[C@@H](NC(=O)C[C@@H](O)[C@H](C)O[Si](c1ccccc1)(c1ccccc1)C(C)(C)C)C(C)C. The van der Waals surface area contributed by atoms with Crippen LogP contribution in [0.2, 0.25) is 5.04 Å². The van der Waals surface area contributed by atoms with Crippen molar-refractivity contribution < 1.29 is 23.9 Å². The molecule has 0 saturated heterocycles. The van der Waals surface area contributed by atoms with Gasteiger partial charge in [-0.2, -0.15) is 0 Å². The van der Waals surface area contributed by atoms with Crippen molar-refractivity contribution in [2.45, 2.75) is 71.3 Å². The number of methoxy groups -OCH3 is 1. The summed E-state index contributed by atoms with van der Waals surface area (Å²) in [7, 11) is -1.58. The van der Waals surface area contributed by atoms with E-state index in [2.05, 4.69) is 50.4 Å². The van der Waals surface area contributed by atoms with Crippen LogP contribution in [-0.4, -0.2) is 50.7 Å². The van der Waals surface area contributed by atoms with Crippen molar-refractivity contribution in [1.29, 1.82) is 0 Å². The van der Waals surface area contributed by atoms with Gasteiger partial charge in [0.05, 0.1) is 25.7 Å². The predicted molar refractivity (Wildman–Crippen MR) is 138 cm³/mol. The number of ether oxygens (including phenoxy) is 1. The van der Waals surface area contributed by atoms with Crippen molar-refractivity contribution in [3.8, 4) is 0 Å². The third-order valence-corrected chi connectivity index (χ3v) is 11.3. The van der Waals surface area contributed by atoms with Crippen LogP contribution in [0.25, 0.3) is 0 Å². The number of carbonyl (C=O) groups is 2. The van der Waals surface area contributed by atoms with E-state index in [9.17, 15) is 14.7 Å². The molecule has 6 nitrogen and oxygen atoms in total. The van der Waals surface area contributed by atoms with E-state index >= 15 is 0 Å². The molecule has 0 aliphatic rings. The summed E-state index contributed by atoms with van der Waals surface area (Å²) in [6.45, 7) is 11.9. The monoisotopic (exact) mass is 485 g/mol. The molecule has 2 rings (SSSR count). The molecule has 0 heterocycles. The largest absolute Gasteiger partial charge is 0.467 e. The molecule has 0 fully saturated rings. The van der Waals surface area contributed by atoms with E-state index in [0.717, 1.165) is 10.4 Å². The first-order valence-corrected chi connectivity index (χ1v) is 13.7. The van der Waals surface area contributed by atoms with Crippen LogP contribution in [0.1, 0.15) is 48.0 Å². The maximum atomic E-state index is 12.7. The molecule has 0 bridgehead atoms. The van der Waals surface area contributed by atoms with Gasteiger partial charge in [-0.15, -0.1) is 0 Å². The summed E-state index contributed by atoms with van der Waals surface area (Å²) < 4.78 is 11.7. The minimum atomic E-state index is -2.87. The van der Waals surface area contributed by atoms with Crippen molar-refractivity contribution in [1.82, 2.24) is 5.32 Å². The van der Waals surface area contributed by atoms with Crippen LogP contribution < -0.4 is 15.7 Å². The van der Waals surface area contributed by atoms with Crippen molar-refractivity contribution in [2.24, 2.45) is 5.92 Å². The number of carbonyl (C=O) groups excluding carboxylic acids is 2. The second-order valence-corrected chi connectivity index (χ2v) is 14.3. The number of aliphatic hydroxyl groups excluding tert-OH is 1. The van der Waals surface area contributed by atoms with Gasteiger partial charge in [-0.25, -0.2) is 4.79 Å². The van der Waals surface area contributed by atoms with E-state index in [1.54, 1.807) is 6.92 Å². The Morgan fingerprint density at radius 1 is 0.941 bits per heavy atom. The first-order chi connectivity index (χ1) is 15.9. The Kier molecular flexibility index (Phi) is 9.61. The number of amides is 1. The standard InChI is InChI=1S/C27H39NO5Si/c1-19(2)25(26(31)32-7)28-24(30)18-23(29)20(3)33-34(27(4,5)6,21-14-10-8-11-15-21)22-16-12-9-13-17-22/h8-17,19-20,23,25,29H,18H2,1-7H3,(H,28,30)/t20-,23+,25-/m0/s1. The molecular formula is C27H39NO5Si. The molecule has 0 unspecified atom stereocenters. The van der Waals surface area contributed by atoms with E-state index < -0.39 is 38.4 Å². The molecule has 0 aromatic heterocycles. The van der Waals surface area contributed by atoms with E-state index in [0.29, 0.717) is 0 Å². The third-order valence-electron chi connectivity index (χ3n) is 6.15. The maximum Gasteiger partial charge on any atom is 0.328 e. The molecule has 34 heavy (non-hydrogen) atoms. The first kappa shape index (κ1) is 27.8. The fourth-order valence-electron chi connectivity index (χ4n) is 4.26. The molecule has 0 spiro atoms. The molecule has 2 aromatic rings. The fraction of sp³-hybridized carbons (Fsp3) is 0.481. The average molecular weight is 486 g/mol. The highest BCUT2D eigenvalue weighted by Crippen LogP contribution is 2.37. The maximum absolute atomic E-state index is 12.7. The highest BCUT2D eigenvalue weighted by Gasteiger charge is 2.51. The van der Waals surface area contributed by atoms with Crippen molar-refractivity contribution in [3.63, 3.8) is 0 Å². The number of esters is 1. The molecule has 0 aliphatic carbocycles. The predicted octanol–water partition coefficient (Wildman–Crippen LogP) is 3.02. The van der Waals surface area contributed by atoms with E-state index in [-0.39, 0.29) is 17.4 Å². The Hall–Kier alpha value is -2.48. The van der Waals surface area contributed by atoms with Crippen LogP contribution in [-0.2, 0) is 18.8 Å². The lowest BCUT2D eigenvalue weighted by molar-refractivity contribution is -0.146. The average Bonchev–Trinajstić information content (AvgIpc) is 2.80. The lowest BCUT2D eigenvalue weighted by Gasteiger charge is -2.45. The Morgan fingerprint density at radius 2 is 1.41 bits per heavy atom. The van der Waals surface area contributed by atoms with Crippen LogP contribution in [0.15, 0.2) is 60.7 Å². The molecule has 3 atom stereocenters. The van der Waals surface area contributed by atoms with Gasteiger partial charge in [-0.05, 0) is 28.3 Å². The number of hydrogen-bond donors (Lipinski definition) is 2. The van der Waals surface area contributed by atoms with Gasteiger partial charge in [0, 0.05) is 0 Å². The Bertz CT molecular complexity index is 888. The zero-order valence-electron chi connectivity index (χ0n) is 21.4. The topological polar surface area (TPSA) is 84.9 Å². The van der Waals surface area contributed by atoms with E-state index in [1.807, 2.05) is 50.2 Å². The molecule has 2 aromatic carbocycles. The number of nitrogens with one attached hydrogen (secondary N) is 1. The van der Waals surface area contributed by atoms with Crippen molar-refractivity contribution in [3.05, 3.63) is 60.7 Å². The second kappa shape index (κ2) is 11.8. The lowest BCUT2D eigenvalue weighted by Crippen LogP contribution is -2.68. The molecular weight excluding hydrogens is 446 g/mol. The van der Waals surface area contributed by atoms with Gasteiger partial charge < -0.3 is 19.6 Å². The van der Waals surface area contributed by atoms with Gasteiger partial charge in [-0.3, -0.25) is 4.79 Å².